The zero-order valence-corrected chi connectivity index (χ0v) is 18.2. The largest absolute Gasteiger partial charge is 0.398 e. The van der Waals surface area contributed by atoms with E-state index < -0.39 is 23.9 Å². The van der Waals surface area contributed by atoms with Crippen molar-refractivity contribution in [1.29, 1.82) is 0 Å². The first-order valence-electron chi connectivity index (χ1n) is 10.9. The van der Waals surface area contributed by atoms with Crippen molar-refractivity contribution < 1.29 is 28.2 Å². The summed E-state index contributed by atoms with van der Waals surface area (Å²) in [5.74, 6) is -4.04. The van der Waals surface area contributed by atoms with E-state index in [0.717, 1.165) is 17.7 Å². The Hall–Kier alpha value is -3.92. The number of halogens is 1. The SMILES string of the molecule is NC1CCN(C(=O)N2c3ccccc3N(Cc3ccc(F)cc3)CC23OC(=O)C=CC(=O)O3)C1. The predicted molar refractivity (Wildman–Crippen MR) is 120 cm³/mol. The number of urea groups is 1. The fourth-order valence-electron chi connectivity index (χ4n) is 4.50. The molecule has 1 saturated heterocycles. The molecule has 9 nitrogen and oxygen atoms in total. The molecular formula is C24H23FN4O5. The highest BCUT2D eigenvalue weighted by atomic mass is 19.1. The molecule has 0 saturated carbocycles. The van der Waals surface area contributed by atoms with Gasteiger partial charge in [-0.3, -0.25) is 0 Å². The Balaban J connectivity index is 1.61. The van der Waals surface area contributed by atoms with E-state index in [1.54, 1.807) is 29.2 Å². The van der Waals surface area contributed by atoms with Crippen molar-refractivity contribution in [2.45, 2.75) is 24.9 Å². The molecule has 3 aliphatic heterocycles. The highest BCUT2D eigenvalue weighted by molar-refractivity contribution is 6.01. The van der Waals surface area contributed by atoms with Crippen LogP contribution < -0.4 is 15.5 Å². The Labute approximate surface area is 195 Å². The van der Waals surface area contributed by atoms with Gasteiger partial charge in [0.05, 0.1) is 11.4 Å². The minimum atomic E-state index is -2.05. The molecule has 10 heteroatoms. The molecule has 2 amide bonds. The highest BCUT2D eigenvalue weighted by Gasteiger charge is 2.55. The predicted octanol–water partition coefficient (Wildman–Crippen LogP) is 2.12. The monoisotopic (exact) mass is 466 g/mol. The normalized spacial score (nSPS) is 21.2. The molecule has 3 heterocycles. The molecule has 1 atom stereocenters. The molecule has 0 bridgehead atoms. The number of hydrogen-bond acceptors (Lipinski definition) is 7. The lowest BCUT2D eigenvalue weighted by Gasteiger charge is -2.48. The van der Waals surface area contributed by atoms with Gasteiger partial charge >= 0.3 is 23.9 Å². The third-order valence-electron chi connectivity index (χ3n) is 6.04. The Morgan fingerprint density at radius 1 is 1.03 bits per heavy atom. The van der Waals surface area contributed by atoms with E-state index in [2.05, 4.69) is 0 Å². The summed E-state index contributed by atoms with van der Waals surface area (Å²) in [5.41, 5.74) is 7.87. The van der Waals surface area contributed by atoms with Crippen LogP contribution in [0.2, 0.25) is 0 Å². The van der Waals surface area contributed by atoms with E-state index in [0.29, 0.717) is 30.9 Å². The summed E-state index contributed by atoms with van der Waals surface area (Å²) in [6.07, 6.45) is 2.57. The van der Waals surface area contributed by atoms with E-state index in [1.807, 2.05) is 17.0 Å². The van der Waals surface area contributed by atoms with Gasteiger partial charge in [-0.1, -0.05) is 24.3 Å². The van der Waals surface area contributed by atoms with Crippen molar-refractivity contribution in [3.8, 4) is 0 Å². The Bertz CT molecular complexity index is 1150. The number of nitrogens with zero attached hydrogens (tertiary/aromatic N) is 3. The van der Waals surface area contributed by atoms with E-state index in [1.165, 1.54) is 17.0 Å². The van der Waals surface area contributed by atoms with Crippen LogP contribution in [0.25, 0.3) is 0 Å². The molecule has 1 unspecified atom stereocenters. The second-order valence-corrected chi connectivity index (χ2v) is 8.47. The number of rotatable bonds is 2. The summed E-state index contributed by atoms with van der Waals surface area (Å²) in [6.45, 7) is 0.894. The van der Waals surface area contributed by atoms with Crippen LogP contribution in [0.3, 0.4) is 0 Å². The highest BCUT2D eigenvalue weighted by Crippen LogP contribution is 2.43. The number of para-hydroxylation sites is 2. The lowest BCUT2D eigenvalue weighted by Crippen LogP contribution is -2.67. The van der Waals surface area contributed by atoms with E-state index >= 15 is 0 Å². The van der Waals surface area contributed by atoms with Gasteiger partial charge in [0.1, 0.15) is 12.4 Å². The quantitative estimate of drug-likeness (QED) is 0.676. The lowest BCUT2D eigenvalue weighted by atomic mass is 10.1. The molecule has 0 aromatic heterocycles. The van der Waals surface area contributed by atoms with Gasteiger partial charge in [-0.15, -0.1) is 0 Å². The molecule has 176 valence electrons. The summed E-state index contributed by atoms with van der Waals surface area (Å²) in [7, 11) is 0. The van der Waals surface area contributed by atoms with Gasteiger partial charge in [-0.2, -0.15) is 0 Å². The van der Waals surface area contributed by atoms with Gasteiger partial charge in [0.15, 0.2) is 0 Å². The molecule has 3 aliphatic rings. The molecule has 0 aliphatic carbocycles. The minimum absolute atomic E-state index is 0.147. The molecular weight excluding hydrogens is 443 g/mol. The lowest BCUT2D eigenvalue weighted by molar-refractivity contribution is -0.215. The van der Waals surface area contributed by atoms with Crippen LogP contribution in [-0.4, -0.2) is 54.5 Å². The van der Waals surface area contributed by atoms with Crippen LogP contribution in [0, 0.1) is 5.82 Å². The number of amides is 2. The van der Waals surface area contributed by atoms with Crippen LogP contribution in [0.4, 0.5) is 20.6 Å². The van der Waals surface area contributed by atoms with Crippen LogP contribution in [0.1, 0.15) is 12.0 Å². The average molecular weight is 466 g/mol. The molecule has 5 rings (SSSR count). The number of nitrogens with two attached hydrogens (primary N) is 1. The van der Waals surface area contributed by atoms with Gasteiger partial charge in [-0.05, 0) is 36.2 Å². The summed E-state index contributed by atoms with van der Waals surface area (Å²) in [5, 5.41) is 0. The maximum atomic E-state index is 13.7. The summed E-state index contributed by atoms with van der Waals surface area (Å²) in [4.78, 5) is 43.3. The fraction of sp³-hybridized carbons (Fsp3) is 0.292. The standard InChI is InChI=1S/C24H23FN4O5/c25-17-7-5-16(6-8-17)13-28-15-24(33-21(30)9-10-22(31)34-24)29(20-4-2-1-3-19(20)28)23(32)27-12-11-18(26)14-27/h1-10,18H,11-15,26H2. The summed E-state index contributed by atoms with van der Waals surface area (Å²) in [6, 6.07) is 12.4. The number of benzene rings is 2. The van der Waals surface area contributed by atoms with Gasteiger partial charge in [0.2, 0.25) is 0 Å². The number of hydrogen-bond donors (Lipinski definition) is 1. The average Bonchev–Trinajstić information content (AvgIpc) is 3.19. The van der Waals surface area contributed by atoms with Gasteiger partial charge in [-0.25, -0.2) is 23.7 Å². The number of fused-ring (bicyclic) bond motifs is 1. The van der Waals surface area contributed by atoms with Gasteiger partial charge < -0.3 is 25.0 Å². The van der Waals surface area contributed by atoms with E-state index in [4.69, 9.17) is 15.2 Å². The van der Waals surface area contributed by atoms with Crippen LogP contribution in [-0.2, 0) is 25.6 Å². The van der Waals surface area contributed by atoms with E-state index in [-0.39, 0.29) is 24.9 Å². The summed E-state index contributed by atoms with van der Waals surface area (Å²) >= 11 is 0. The third kappa shape index (κ3) is 3.96. The molecule has 1 fully saturated rings. The Morgan fingerprint density at radius 3 is 2.29 bits per heavy atom. The van der Waals surface area contributed by atoms with Crippen molar-refractivity contribution in [3.63, 3.8) is 0 Å². The number of carbonyl (C=O) groups excluding carboxylic acids is 3. The Morgan fingerprint density at radius 2 is 1.68 bits per heavy atom. The molecule has 34 heavy (non-hydrogen) atoms. The topological polar surface area (TPSA) is 105 Å². The van der Waals surface area contributed by atoms with Crippen molar-refractivity contribution in [3.05, 3.63) is 72.1 Å². The smallest absolute Gasteiger partial charge is 0.369 e. The molecule has 0 radical (unpaired) electrons. The van der Waals surface area contributed by atoms with Crippen molar-refractivity contribution in [2.24, 2.45) is 5.73 Å². The first-order valence-corrected chi connectivity index (χ1v) is 10.9. The first kappa shape index (κ1) is 21.9. The summed E-state index contributed by atoms with van der Waals surface area (Å²) < 4.78 is 24.7. The zero-order chi connectivity index (χ0) is 23.9. The number of esters is 2. The number of anilines is 2. The maximum Gasteiger partial charge on any atom is 0.369 e. The fourth-order valence-corrected chi connectivity index (χ4v) is 4.50. The van der Waals surface area contributed by atoms with Crippen molar-refractivity contribution in [1.82, 2.24) is 4.90 Å². The van der Waals surface area contributed by atoms with Crippen LogP contribution in [0.5, 0.6) is 0 Å². The van der Waals surface area contributed by atoms with E-state index in [9.17, 15) is 18.8 Å². The number of likely N-dealkylation sites (tertiary alicyclic amines) is 1. The molecule has 2 aromatic carbocycles. The first-order chi connectivity index (χ1) is 16.3. The van der Waals surface area contributed by atoms with Gasteiger partial charge in [0.25, 0.3) is 0 Å². The van der Waals surface area contributed by atoms with Crippen LogP contribution >= 0.6 is 0 Å². The number of ether oxygens (including phenoxy) is 2. The van der Waals surface area contributed by atoms with Crippen LogP contribution in [0.15, 0.2) is 60.7 Å². The second-order valence-electron chi connectivity index (χ2n) is 8.47. The minimum Gasteiger partial charge on any atom is -0.398 e. The molecule has 2 aromatic rings. The molecule has 2 N–H and O–H groups in total. The van der Waals surface area contributed by atoms with Gasteiger partial charge in [0, 0.05) is 37.8 Å². The molecule has 1 spiro atoms. The second kappa shape index (κ2) is 8.45. The van der Waals surface area contributed by atoms with Crippen molar-refractivity contribution >= 4 is 29.3 Å². The zero-order valence-electron chi connectivity index (χ0n) is 18.2. The Kier molecular flexibility index (Phi) is 5.45. The number of carbonyl (C=O) groups is 3. The third-order valence-corrected chi connectivity index (χ3v) is 6.04. The van der Waals surface area contributed by atoms with Crippen molar-refractivity contribution in [2.75, 3.05) is 29.4 Å². The maximum absolute atomic E-state index is 13.7.